The van der Waals surface area contributed by atoms with E-state index in [-0.39, 0.29) is 12.5 Å². The first-order valence-corrected chi connectivity index (χ1v) is 12.3. The molecule has 1 amide bonds. The average Bonchev–Trinajstić information content (AvgIpc) is 3.26. The lowest BCUT2D eigenvalue weighted by atomic mass is 10.1. The lowest BCUT2D eigenvalue weighted by Gasteiger charge is -2.31. The second-order valence-electron chi connectivity index (χ2n) is 8.59. The van der Waals surface area contributed by atoms with E-state index in [0.29, 0.717) is 23.2 Å². The lowest BCUT2D eigenvalue weighted by molar-refractivity contribution is -0.127. The molecule has 1 fully saturated rings. The van der Waals surface area contributed by atoms with Gasteiger partial charge in [0.1, 0.15) is 6.61 Å². The number of carbonyl (C=O) groups is 1. The summed E-state index contributed by atoms with van der Waals surface area (Å²) in [7, 11) is 0. The van der Waals surface area contributed by atoms with Gasteiger partial charge in [-0.1, -0.05) is 29.5 Å². The van der Waals surface area contributed by atoms with E-state index in [4.69, 9.17) is 19.2 Å². The molecule has 0 bridgehead atoms. The van der Waals surface area contributed by atoms with Crippen LogP contribution in [-0.2, 0) is 9.53 Å². The number of nitrogens with zero attached hydrogens (tertiary/aromatic N) is 3. The van der Waals surface area contributed by atoms with Gasteiger partial charge in [0.15, 0.2) is 16.6 Å². The molecule has 3 aromatic rings. The summed E-state index contributed by atoms with van der Waals surface area (Å²) >= 11 is 1.57. The van der Waals surface area contributed by atoms with Gasteiger partial charge in [0.25, 0.3) is 5.91 Å². The minimum atomic E-state index is -0.696. The molecule has 2 aliphatic heterocycles. The van der Waals surface area contributed by atoms with Crippen LogP contribution in [0.4, 0.5) is 5.13 Å². The van der Waals surface area contributed by atoms with Gasteiger partial charge in [-0.15, -0.1) is 0 Å². The third-order valence-electron chi connectivity index (χ3n) is 6.05. The van der Waals surface area contributed by atoms with Crippen molar-refractivity contribution in [1.82, 2.24) is 9.88 Å². The third kappa shape index (κ3) is 4.83. The van der Waals surface area contributed by atoms with Crippen LogP contribution < -0.4 is 14.4 Å². The summed E-state index contributed by atoms with van der Waals surface area (Å²) in [6.45, 7) is 9.26. The summed E-state index contributed by atoms with van der Waals surface area (Å²) in [4.78, 5) is 22.7. The van der Waals surface area contributed by atoms with Gasteiger partial charge in [-0.05, 0) is 49.6 Å². The van der Waals surface area contributed by atoms with Crippen LogP contribution in [0.3, 0.4) is 0 Å². The average molecular weight is 468 g/mol. The molecule has 1 aromatic heterocycles. The Morgan fingerprint density at radius 1 is 1.18 bits per heavy atom. The van der Waals surface area contributed by atoms with Gasteiger partial charge in [-0.3, -0.25) is 14.6 Å². The Morgan fingerprint density at radius 2 is 1.97 bits per heavy atom. The van der Waals surface area contributed by atoms with Crippen molar-refractivity contribution in [2.75, 3.05) is 50.9 Å². The van der Waals surface area contributed by atoms with Crippen molar-refractivity contribution < 1.29 is 19.0 Å². The molecule has 3 heterocycles. The normalized spacial score (nSPS) is 18.4. The molecule has 1 saturated heterocycles. The number of amides is 1. The highest BCUT2D eigenvalue weighted by molar-refractivity contribution is 7.22. The third-order valence-corrected chi connectivity index (χ3v) is 7.28. The first kappa shape index (κ1) is 22.1. The number of hydrogen-bond donors (Lipinski definition) is 0. The fourth-order valence-corrected chi connectivity index (χ4v) is 5.42. The fourth-order valence-electron chi connectivity index (χ4n) is 4.37. The standard InChI is InChI=1S/C25H29N3O4S/c1-17-14-18(2)23-19(15-17)26-25(33-23)28(9-5-8-27-10-12-30-13-11-27)24(29)22-16-31-20-6-3-4-7-21(20)32-22/h3-4,6-7,14-15,22H,5,8-13,16H2,1-2H3/t22-/m0/s1. The highest BCUT2D eigenvalue weighted by Crippen LogP contribution is 2.35. The molecule has 0 aliphatic carbocycles. The maximum atomic E-state index is 13.7. The van der Waals surface area contributed by atoms with Crippen LogP contribution in [0.2, 0.25) is 0 Å². The molecule has 0 radical (unpaired) electrons. The summed E-state index contributed by atoms with van der Waals surface area (Å²) in [6, 6.07) is 11.7. The van der Waals surface area contributed by atoms with Gasteiger partial charge in [0.05, 0.1) is 23.4 Å². The highest BCUT2D eigenvalue weighted by Gasteiger charge is 2.33. The van der Waals surface area contributed by atoms with E-state index in [1.165, 1.54) is 11.1 Å². The number of fused-ring (bicyclic) bond motifs is 2. The quantitative estimate of drug-likeness (QED) is 0.549. The Morgan fingerprint density at radius 3 is 2.79 bits per heavy atom. The molecule has 5 rings (SSSR count). The fraction of sp³-hybridized carbons (Fsp3) is 0.440. The Kier molecular flexibility index (Phi) is 6.48. The highest BCUT2D eigenvalue weighted by atomic mass is 32.1. The van der Waals surface area contributed by atoms with Gasteiger partial charge in [-0.2, -0.15) is 0 Å². The van der Waals surface area contributed by atoms with Crippen LogP contribution in [0.25, 0.3) is 10.2 Å². The second-order valence-corrected chi connectivity index (χ2v) is 9.57. The predicted octanol–water partition coefficient (Wildman–Crippen LogP) is 3.81. The molecule has 8 heteroatoms. The summed E-state index contributed by atoms with van der Waals surface area (Å²) < 4.78 is 18.4. The summed E-state index contributed by atoms with van der Waals surface area (Å²) in [5.74, 6) is 1.16. The molecule has 2 aromatic carbocycles. The van der Waals surface area contributed by atoms with Gasteiger partial charge in [0, 0.05) is 26.2 Å². The topological polar surface area (TPSA) is 64.1 Å². The smallest absolute Gasteiger partial charge is 0.273 e. The lowest BCUT2D eigenvalue weighted by Crippen LogP contribution is -2.47. The SMILES string of the molecule is Cc1cc(C)c2sc(N(CCCN3CCOCC3)C(=O)[C@@H]3COc4ccccc4O3)nc2c1. The number of morpholine rings is 1. The molecule has 1 atom stereocenters. The number of aromatic nitrogens is 1. The molecule has 2 aliphatic rings. The molecule has 0 N–H and O–H groups in total. The van der Waals surface area contributed by atoms with Crippen molar-refractivity contribution in [2.45, 2.75) is 26.4 Å². The number of hydrogen-bond acceptors (Lipinski definition) is 7. The van der Waals surface area contributed by atoms with E-state index in [1.807, 2.05) is 24.3 Å². The molecule has 7 nitrogen and oxygen atoms in total. The number of rotatable bonds is 6. The first-order valence-electron chi connectivity index (χ1n) is 11.5. The van der Waals surface area contributed by atoms with E-state index in [2.05, 4.69) is 30.9 Å². The summed E-state index contributed by atoms with van der Waals surface area (Å²) in [6.07, 6.45) is 0.155. The predicted molar refractivity (Wildman–Crippen MR) is 130 cm³/mol. The van der Waals surface area contributed by atoms with Gasteiger partial charge >= 0.3 is 0 Å². The molecular formula is C25H29N3O4S. The Labute approximate surface area is 197 Å². The van der Waals surface area contributed by atoms with Gasteiger partial charge in [-0.25, -0.2) is 4.98 Å². The number of thiazole rings is 1. The minimum Gasteiger partial charge on any atom is -0.485 e. The monoisotopic (exact) mass is 467 g/mol. The second kappa shape index (κ2) is 9.67. The van der Waals surface area contributed by atoms with Crippen LogP contribution in [0.5, 0.6) is 11.5 Å². The Hall–Kier alpha value is -2.68. The molecule has 0 spiro atoms. The number of para-hydroxylation sites is 2. The van der Waals surface area contributed by atoms with Crippen LogP contribution >= 0.6 is 11.3 Å². The number of ether oxygens (including phenoxy) is 3. The van der Waals surface area contributed by atoms with E-state index in [1.54, 1.807) is 16.2 Å². The summed E-state index contributed by atoms with van der Waals surface area (Å²) in [5.41, 5.74) is 3.29. The Bertz CT molecular complexity index is 1140. The zero-order chi connectivity index (χ0) is 22.8. The van der Waals surface area contributed by atoms with Crippen molar-refractivity contribution in [2.24, 2.45) is 0 Å². The van der Waals surface area contributed by atoms with Gasteiger partial charge in [0.2, 0.25) is 6.10 Å². The van der Waals surface area contributed by atoms with Crippen LogP contribution in [0.15, 0.2) is 36.4 Å². The van der Waals surface area contributed by atoms with Crippen LogP contribution in [-0.4, -0.2) is 67.9 Å². The maximum Gasteiger partial charge on any atom is 0.273 e. The van der Waals surface area contributed by atoms with Crippen molar-refractivity contribution in [3.63, 3.8) is 0 Å². The molecule has 174 valence electrons. The van der Waals surface area contributed by atoms with E-state index in [9.17, 15) is 4.79 Å². The Balaban J connectivity index is 1.38. The summed E-state index contributed by atoms with van der Waals surface area (Å²) in [5, 5.41) is 0.716. The number of carbonyl (C=O) groups excluding carboxylic acids is 1. The van der Waals surface area contributed by atoms with Crippen LogP contribution in [0, 0.1) is 13.8 Å². The number of anilines is 1. The van der Waals surface area contributed by atoms with Crippen molar-refractivity contribution >= 4 is 32.6 Å². The van der Waals surface area contributed by atoms with Gasteiger partial charge < -0.3 is 14.2 Å². The zero-order valence-electron chi connectivity index (χ0n) is 19.1. The first-order chi connectivity index (χ1) is 16.1. The van der Waals surface area contributed by atoms with Crippen molar-refractivity contribution in [1.29, 1.82) is 0 Å². The zero-order valence-corrected chi connectivity index (χ0v) is 19.9. The molecule has 33 heavy (non-hydrogen) atoms. The van der Waals surface area contributed by atoms with Crippen molar-refractivity contribution in [3.8, 4) is 11.5 Å². The van der Waals surface area contributed by atoms with E-state index < -0.39 is 6.10 Å². The van der Waals surface area contributed by atoms with Crippen molar-refractivity contribution in [3.05, 3.63) is 47.5 Å². The molecule has 0 saturated carbocycles. The number of benzene rings is 2. The largest absolute Gasteiger partial charge is 0.485 e. The maximum absolute atomic E-state index is 13.7. The van der Waals surface area contributed by atoms with E-state index >= 15 is 0 Å². The minimum absolute atomic E-state index is 0.111. The molecular weight excluding hydrogens is 438 g/mol. The molecule has 0 unspecified atom stereocenters. The van der Waals surface area contributed by atoms with Crippen LogP contribution in [0.1, 0.15) is 17.5 Å². The number of aryl methyl sites for hydroxylation is 2. The van der Waals surface area contributed by atoms with E-state index in [0.717, 1.165) is 49.5 Å².